The summed E-state index contributed by atoms with van der Waals surface area (Å²) in [5, 5.41) is 15.3. The predicted molar refractivity (Wildman–Crippen MR) is 73.2 cm³/mol. The number of amides is 1. The van der Waals surface area contributed by atoms with Crippen molar-refractivity contribution in [3.63, 3.8) is 0 Å². The first-order valence-electron chi connectivity index (χ1n) is 6.65. The molecule has 0 aliphatic carbocycles. The van der Waals surface area contributed by atoms with Crippen LogP contribution in [0, 0.1) is 0 Å². The topological polar surface area (TPSA) is 70.6 Å². The van der Waals surface area contributed by atoms with Gasteiger partial charge in [0.15, 0.2) is 0 Å². The van der Waals surface area contributed by atoms with Gasteiger partial charge in [-0.1, -0.05) is 0 Å². The lowest BCUT2D eigenvalue weighted by Crippen LogP contribution is -2.35. The number of benzene rings is 1. The molecular formula is C14H20N2O3. The van der Waals surface area contributed by atoms with Gasteiger partial charge >= 0.3 is 0 Å². The largest absolute Gasteiger partial charge is 0.494 e. The van der Waals surface area contributed by atoms with Crippen molar-refractivity contribution in [2.24, 2.45) is 0 Å². The summed E-state index contributed by atoms with van der Waals surface area (Å²) in [4.78, 5) is 12.0. The van der Waals surface area contributed by atoms with E-state index < -0.39 is 0 Å². The van der Waals surface area contributed by atoms with E-state index in [0.717, 1.165) is 19.4 Å². The minimum absolute atomic E-state index is 0.0226. The summed E-state index contributed by atoms with van der Waals surface area (Å²) in [5.41, 5.74) is 1.37. The van der Waals surface area contributed by atoms with Gasteiger partial charge in [0.1, 0.15) is 5.75 Å². The maximum absolute atomic E-state index is 12.0. The fraction of sp³-hybridized carbons (Fsp3) is 0.500. The van der Waals surface area contributed by atoms with Crippen LogP contribution in [0.15, 0.2) is 18.2 Å². The number of rotatable bonds is 5. The quantitative estimate of drug-likeness (QED) is 0.749. The van der Waals surface area contributed by atoms with Crippen LogP contribution in [-0.2, 0) is 11.4 Å². The van der Waals surface area contributed by atoms with Crippen molar-refractivity contribution in [2.45, 2.75) is 32.4 Å². The number of hydrogen-bond donors (Lipinski definition) is 3. The minimum atomic E-state index is -0.110. The molecule has 5 nitrogen and oxygen atoms in total. The van der Waals surface area contributed by atoms with Crippen molar-refractivity contribution in [2.75, 3.05) is 18.5 Å². The van der Waals surface area contributed by atoms with Crippen molar-refractivity contribution in [3.8, 4) is 5.75 Å². The maximum Gasteiger partial charge on any atom is 0.241 e. The molecule has 1 aromatic rings. The lowest BCUT2D eigenvalue weighted by atomic mass is 10.1. The SMILES string of the molecule is CCOc1ccc(NC(=O)[C@H]2CCCN2)cc1CO. The summed E-state index contributed by atoms with van der Waals surface area (Å²) in [7, 11) is 0. The summed E-state index contributed by atoms with van der Waals surface area (Å²) in [5.74, 6) is 0.632. The van der Waals surface area contributed by atoms with Crippen LogP contribution in [0.25, 0.3) is 0 Å². The van der Waals surface area contributed by atoms with E-state index in [2.05, 4.69) is 10.6 Å². The molecular weight excluding hydrogens is 244 g/mol. The third kappa shape index (κ3) is 3.45. The van der Waals surface area contributed by atoms with Crippen LogP contribution in [0.4, 0.5) is 5.69 Å². The van der Waals surface area contributed by atoms with Gasteiger partial charge in [0.2, 0.25) is 5.91 Å². The molecule has 3 N–H and O–H groups in total. The maximum atomic E-state index is 12.0. The number of carbonyl (C=O) groups excluding carboxylic acids is 1. The average Bonchev–Trinajstić information content (AvgIpc) is 2.94. The Hall–Kier alpha value is -1.59. The highest BCUT2D eigenvalue weighted by molar-refractivity contribution is 5.95. The fourth-order valence-electron chi connectivity index (χ4n) is 2.21. The molecule has 1 aliphatic rings. The van der Waals surface area contributed by atoms with Crippen LogP contribution >= 0.6 is 0 Å². The Morgan fingerprint density at radius 3 is 3.05 bits per heavy atom. The van der Waals surface area contributed by atoms with Gasteiger partial charge in [0, 0.05) is 11.3 Å². The van der Waals surface area contributed by atoms with Crippen LogP contribution in [-0.4, -0.2) is 30.2 Å². The zero-order valence-electron chi connectivity index (χ0n) is 11.1. The summed E-state index contributed by atoms with van der Waals surface area (Å²) >= 11 is 0. The van der Waals surface area contributed by atoms with Crippen molar-refractivity contribution in [1.82, 2.24) is 5.32 Å². The Morgan fingerprint density at radius 1 is 1.58 bits per heavy atom. The van der Waals surface area contributed by atoms with E-state index in [0.29, 0.717) is 23.6 Å². The van der Waals surface area contributed by atoms with E-state index >= 15 is 0 Å². The summed E-state index contributed by atoms with van der Waals surface area (Å²) in [6.45, 7) is 3.22. The molecule has 104 valence electrons. The van der Waals surface area contributed by atoms with E-state index in [1.165, 1.54) is 0 Å². The zero-order chi connectivity index (χ0) is 13.7. The lowest BCUT2D eigenvalue weighted by Gasteiger charge is -2.13. The molecule has 1 saturated heterocycles. The molecule has 19 heavy (non-hydrogen) atoms. The molecule has 1 fully saturated rings. The molecule has 1 aromatic carbocycles. The molecule has 1 aliphatic heterocycles. The third-order valence-electron chi connectivity index (χ3n) is 3.18. The standard InChI is InChI=1S/C14H20N2O3/c1-2-19-13-6-5-11(8-10(13)9-17)16-14(18)12-4-3-7-15-12/h5-6,8,12,15,17H,2-4,7,9H2,1H3,(H,16,18)/t12-/m1/s1. The molecule has 1 amide bonds. The Kier molecular flexibility index (Phi) is 4.76. The monoisotopic (exact) mass is 264 g/mol. The first-order valence-corrected chi connectivity index (χ1v) is 6.65. The summed E-state index contributed by atoms with van der Waals surface area (Å²) < 4.78 is 5.40. The fourth-order valence-corrected chi connectivity index (χ4v) is 2.21. The number of aliphatic hydroxyl groups excluding tert-OH is 1. The van der Waals surface area contributed by atoms with E-state index in [9.17, 15) is 9.90 Å². The van der Waals surface area contributed by atoms with Crippen LogP contribution in [0.3, 0.4) is 0 Å². The van der Waals surface area contributed by atoms with Crippen LogP contribution in [0.2, 0.25) is 0 Å². The van der Waals surface area contributed by atoms with E-state index in [1.807, 2.05) is 6.92 Å². The molecule has 0 aromatic heterocycles. The van der Waals surface area contributed by atoms with Crippen molar-refractivity contribution in [3.05, 3.63) is 23.8 Å². The highest BCUT2D eigenvalue weighted by Crippen LogP contribution is 2.23. The van der Waals surface area contributed by atoms with Crippen molar-refractivity contribution < 1.29 is 14.6 Å². The van der Waals surface area contributed by atoms with E-state index in [1.54, 1.807) is 18.2 Å². The molecule has 0 spiro atoms. The van der Waals surface area contributed by atoms with Gasteiger partial charge < -0.3 is 20.5 Å². The molecule has 0 bridgehead atoms. The molecule has 1 heterocycles. The molecule has 5 heteroatoms. The average molecular weight is 264 g/mol. The molecule has 1 atom stereocenters. The molecule has 2 rings (SSSR count). The van der Waals surface area contributed by atoms with Crippen molar-refractivity contribution in [1.29, 1.82) is 0 Å². The van der Waals surface area contributed by atoms with Crippen LogP contribution in [0.1, 0.15) is 25.3 Å². The summed E-state index contributed by atoms with van der Waals surface area (Å²) in [6.07, 6.45) is 1.90. The second kappa shape index (κ2) is 6.54. The number of carbonyl (C=O) groups is 1. The number of nitrogens with one attached hydrogen (secondary N) is 2. The number of ether oxygens (including phenoxy) is 1. The minimum Gasteiger partial charge on any atom is -0.494 e. The third-order valence-corrected chi connectivity index (χ3v) is 3.18. The Bertz CT molecular complexity index is 442. The van der Waals surface area contributed by atoms with Crippen molar-refractivity contribution >= 4 is 11.6 Å². The lowest BCUT2D eigenvalue weighted by molar-refractivity contribution is -0.117. The summed E-state index contributed by atoms with van der Waals surface area (Å²) in [6, 6.07) is 5.20. The predicted octanol–water partition coefficient (Wildman–Crippen LogP) is 1.27. The van der Waals surface area contributed by atoms with Gasteiger partial charge in [-0.15, -0.1) is 0 Å². The van der Waals surface area contributed by atoms with Gasteiger partial charge in [0.25, 0.3) is 0 Å². The normalized spacial score (nSPS) is 18.3. The van der Waals surface area contributed by atoms with Gasteiger partial charge in [-0.05, 0) is 44.5 Å². The first kappa shape index (κ1) is 13.8. The smallest absolute Gasteiger partial charge is 0.241 e. The van der Waals surface area contributed by atoms with E-state index in [4.69, 9.17) is 4.74 Å². The Labute approximate surface area is 113 Å². The Balaban J connectivity index is 2.05. The molecule has 0 saturated carbocycles. The van der Waals surface area contributed by atoms with E-state index in [-0.39, 0.29) is 18.6 Å². The number of anilines is 1. The second-order valence-electron chi connectivity index (χ2n) is 4.55. The van der Waals surface area contributed by atoms with Crippen LogP contribution < -0.4 is 15.4 Å². The second-order valence-corrected chi connectivity index (χ2v) is 4.55. The van der Waals surface area contributed by atoms with Gasteiger partial charge in [-0.25, -0.2) is 0 Å². The molecule has 0 unspecified atom stereocenters. The van der Waals surface area contributed by atoms with Crippen LogP contribution in [0.5, 0.6) is 5.75 Å². The molecule has 0 radical (unpaired) electrons. The first-order chi connectivity index (χ1) is 9.24. The van der Waals surface area contributed by atoms with Gasteiger partial charge in [-0.3, -0.25) is 4.79 Å². The number of aliphatic hydroxyl groups is 1. The Morgan fingerprint density at radius 2 is 2.42 bits per heavy atom. The van der Waals surface area contributed by atoms with Gasteiger partial charge in [-0.2, -0.15) is 0 Å². The highest BCUT2D eigenvalue weighted by atomic mass is 16.5. The van der Waals surface area contributed by atoms with Gasteiger partial charge in [0.05, 0.1) is 19.3 Å². The highest BCUT2D eigenvalue weighted by Gasteiger charge is 2.22. The number of hydrogen-bond acceptors (Lipinski definition) is 4. The zero-order valence-corrected chi connectivity index (χ0v) is 11.1.